The van der Waals surface area contributed by atoms with E-state index in [9.17, 15) is 0 Å². The SMILES string of the molecule is COc1ccc(Br)c(COc2cc(C)ccc2C(C)N)c1. The standard InChI is InChI=1S/C17H20BrNO2/c1-11-4-6-15(12(2)19)17(8-11)21-10-13-9-14(20-3)5-7-16(13)18/h4-9,12H,10,19H2,1-3H3. The molecule has 0 aliphatic carbocycles. The number of nitrogens with two attached hydrogens (primary N) is 1. The summed E-state index contributed by atoms with van der Waals surface area (Å²) in [4.78, 5) is 0. The number of ether oxygens (including phenoxy) is 2. The van der Waals surface area contributed by atoms with Crippen molar-refractivity contribution in [2.45, 2.75) is 26.5 Å². The maximum Gasteiger partial charge on any atom is 0.124 e. The summed E-state index contributed by atoms with van der Waals surface area (Å²) in [6, 6.07) is 11.9. The van der Waals surface area contributed by atoms with E-state index in [0.29, 0.717) is 6.61 Å². The molecular weight excluding hydrogens is 330 g/mol. The molecule has 0 saturated heterocycles. The topological polar surface area (TPSA) is 44.5 Å². The van der Waals surface area contributed by atoms with Gasteiger partial charge in [-0.3, -0.25) is 0 Å². The van der Waals surface area contributed by atoms with E-state index in [1.165, 1.54) is 0 Å². The highest BCUT2D eigenvalue weighted by atomic mass is 79.9. The molecule has 2 aromatic rings. The van der Waals surface area contributed by atoms with Gasteiger partial charge in [0.1, 0.15) is 18.1 Å². The lowest BCUT2D eigenvalue weighted by Crippen LogP contribution is -2.08. The van der Waals surface area contributed by atoms with Crippen LogP contribution in [-0.2, 0) is 6.61 Å². The van der Waals surface area contributed by atoms with Gasteiger partial charge in [-0.1, -0.05) is 28.1 Å². The fourth-order valence-electron chi connectivity index (χ4n) is 2.09. The third kappa shape index (κ3) is 3.99. The molecule has 4 heteroatoms. The van der Waals surface area contributed by atoms with Crippen LogP contribution >= 0.6 is 15.9 Å². The highest BCUT2D eigenvalue weighted by molar-refractivity contribution is 9.10. The van der Waals surface area contributed by atoms with Gasteiger partial charge in [0.25, 0.3) is 0 Å². The van der Waals surface area contributed by atoms with E-state index in [0.717, 1.165) is 32.7 Å². The number of rotatable bonds is 5. The van der Waals surface area contributed by atoms with Crippen molar-refractivity contribution in [3.05, 3.63) is 57.6 Å². The molecular formula is C17H20BrNO2. The van der Waals surface area contributed by atoms with Gasteiger partial charge < -0.3 is 15.2 Å². The Morgan fingerprint density at radius 1 is 1.19 bits per heavy atom. The Labute approximate surface area is 134 Å². The van der Waals surface area contributed by atoms with Crippen LogP contribution in [0.1, 0.15) is 29.7 Å². The average Bonchev–Trinajstić information content (AvgIpc) is 2.46. The first-order valence-corrected chi connectivity index (χ1v) is 7.62. The molecule has 0 aliphatic rings. The molecule has 0 amide bonds. The number of halogens is 1. The molecule has 112 valence electrons. The van der Waals surface area contributed by atoms with Crippen LogP contribution in [0, 0.1) is 6.92 Å². The van der Waals surface area contributed by atoms with Crippen LogP contribution in [-0.4, -0.2) is 7.11 Å². The Hall–Kier alpha value is -1.52. The quantitative estimate of drug-likeness (QED) is 0.871. The van der Waals surface area contributed by atoms with Crippen molar-refractivity contribution in [2.24, 2.45) is 5.73 Å². The predicted octanol–water partition coefficient (Wildman–Crippen LogP) is 4.36. The Kier molecular flexibility index (Phi) is 5.26. The molecule has 0 fully saturated rings. The van der Waals surface area contributed by atoms with Crippen molar-refractivity contribution >= 4 is 15.9 Å². The van der Waals surface area contributed by atoms with E-state index in [-0.39, 0.29) is 6.04 Å². The van der Waals surface area contributed by atoms with E-state index in [2.05, 4.69) is 15.9 Å². The minimum atomic E-state index is -0.0608. The third-order valence-electron chi connectivity index (χ3n) is 3.30. The van der Waals surface area contributed by atoms with Crippen molar-refractivity contribution in [1.29, 1.82) is 0 Å². The summed E-state index contributed by atoms with van der Waals surface area (Å²) in [5.41, 5.74) is 9.20. The summed E-state index contributed by atoms with van der Waals surface area (Å²) in [5.74, 6) is 1.65. The van der Waals surface area contributed by atoms with Gasteiger partial charge in [0.05, 0.1) is 7.11 Å². The molecule has 0 aliphatic heterocycles. The van der Waals surface area contributed by atoms with E-state index in [1.54, 1.807) is 7.11 Å². The second-order valence-corrected chi connectivity index (χ2v) is 5.93. The first kappa shape index (κ1) is 15.9. The lowest BCUT2D eigenvalue weighted by molar-refractivity contribution is 0.299. The van der Waals surface area contributed by atoms with Crippen LogP contribution in [0.5, 0.6) is 11.5 Å². The Morgan fingerprint density at radius 2 is 1.95 bits per heavy atom. The molecule has 0 heterocycles. The Morgan fingerprint density at radius 3 is 2.62 bits per heavy atom. The van der Waals surface area contributed by atoms with Crippen molar-refractivity contribution in [3.63, 3.8) is 0 Å². The number of benzene rings is 2. The molecule has 2 aromatic carbocycles. The van der Waals surface area contributed by atoms with E-state index in [4.69, 9.17) is 15.2 Å². The van der Waals surface area contributed by atoms with Crippen LogP contribution in [0.15, 0.2) is 40.9 Å². The van der Waals surface area contributed by atoms with Crippen LogP contribution in [0.2, 0.25) is 0 Å². The molecule has 1 unspecified atom stereocenters. The van der Waals surface area contributed by atoms with E-state index in [1.807, 2.05) is 50.2 Å². The van der Waals surface area contributed by atoms with Gasteiger partial charge in [-0.15, -0.1) is 0 Å². The monoisotopic (exact) mass is 349 g/mol. The second-order valence-electron chi connectivity index (χ2n) is 5.08. The summed E-state index contributed by atoms with van der Waals surface area (Å²) in [6.45, 7) is 4.46. The first-order valence-electron chi connectivity index (χ1n) is 6.82. The Balaban J connectivity index is 2.22. The molecule has 1 atom stereocenters. The van der Waals surface area contributed by atoms with Crippen molar-refractivity contribution in [1.82, 2.24) is 0 Å². The molecule has 2 rings (SSSR count). The normalized spacial score (nSPS) is 12.0. The van der Waals surface area contributed by atoms with Gasteiger partial charge >= 0.3 is 0 Å². The van der Waals surface area contributed by atoms with Gasteiger partial charge in [0.15, 0.2) is 0 Å². The fourth-order valence-corrected chi connectivity index (χ4v) is 2.45. The highest BCUT2D eigenvalue weighted by Gasteiger charge is 2.10. The van der Waals surface area contributed by atoms with Crippen molar-refractivity contribution in [3.8, 4) is 11.5 Å². The van der Waals surface area contributed by atoms with E-state index >= 15 is 0 Å². The van der Waals surface area contributed by atoms with Gasteiger partial charge in [-0.05, 0) is 43.7 Å². The lowest BCUT2D eigenvalue weighted by Gasteiger charge is -2.15. The first-order chi connectivity index (χ1) is 10.0. The Bertz CT molecular complexity index is 626. The molecule has 2 N–H and O–H groups in total. The third-order valence-corrected chi connectivity index (χ3v) is 4.07. The smallest absolute Gasteiger partial charge is 0.124 e. The minimum Gasteiger partial charge on any atom is -0.497 e. The average molecular weight is 350 g/mol. The molecule has 0 bridgehead atoms. The summed E-state index contributed by atoms with van der Waals surface area (Å²) in [6.07, 6.45) is 0. The molecule has 3 nitrogen and oxygen atoms in total. The van der Waals surface area contributed by atoms with Gasteiger partial charge in [0, 0.05) is 21.6 Å². The number of hydrogen-bond acceptors (Lipinski definition) is 3. The van der Waals surface area contributed by atoms with Crippen molar-refractivity contribution < 1.29 is 9.47 Å². The van der Waals surface area contributed by atoms with Crippen molar-refractivity contribution in [2.75, 3.05) is 7.11 Å². The summed E-state index contributed by atoms with van der Waals surface area (Å²) >= 11 is 3.53. The largest absolute Gasteiger partial charge is 0.497 e. The minimum absolute atomic E-state index is 0.0608. The maximum atomic E-state index is 6.00. The predicted molar refractivity (Wildman–Crippen MR) is 88.8 cm³/mol. The second kappa shape index (κ2) is 6.96. The fraction of sp³-hybridized carbons (Fsp3) is 0.294. The van der Waals surface area contributed by atoms with Crippen LogP contribution in [0.4, 0.5) is 0 Å². The zero-order valence-electron chi connectivity index (χ0n) is 12.5. The molecule has 0 radical (unpaired) electrons. The molecule has 21 heavy (non-hydrogen) atoms. The highest BCUT2D eigenvalue weighted by Crippen LogP contribution is 2.28. The summed E-state index contributed by atoms with van der Waals surface area (Å²) < 4.78 is 12.2. The lowest BCUT2D eigenvalue weighted by atomic mass is 10.1. The molecule has 0 spiro atoms. The van der Waals surface area contributed by atoms with Gasteiger partial charge in [-0.2, -0.15) is 0 Å². The maximum absolute atomic E-state index is 6.00. The zero-order chi connectivity index (χ0) is 15.4. The van der Waals surface area contributed by atoms with Crippen LogP contribution in [0.3, 0.4) is 0 Å². The summed E-state index contributed by atoms with van der Waals surface area (Å²) in [5, 5.41) is 0. The molecule has 0 aromatic heterocycles. The number of aryl methyl sites for hydroxylation is 1. The van der Waals surface area contributed by atoms with Crippen LogP contribution in [0.25, 0.3) is 0 Å². The zero-order valence-corrected chi connectivity index (χ0v) is 14.1. The summed E-state index contributed by atoms with van der Waals surface area (Å²) in [7, 11) is 1.66. The molecule has 0 saturated carbocycles. The van der Waals surface area contributed by atoms with Gasteiger partial charge in [-0.25, -0.2) is 0 Å². The number of methoxy groups -OCH3 is 1. The number of hydrogen-bond donors (Lipinski definition) is 1. The van der Waals surface area contributed by atoms with Crippen LogP contribution < -0.4 is 15.2 Å². The van der Waals surface area contributed by atoms with Gasteiger partial charge in [0.2, 0.25) is 0 Å². The van der Waals surface area contributed by atoms with E-state index < -0.39 is 0 Å².